The lowest BCUT2D eigenvalue weighted by Crippen LogP contribution is -2.25. The molecular formula is C16H13FN2O. The molecule has 20 heavy (non-hydrogen) atoms. The van der Waals surface area contributed by atoms with Crippen LogP contribution in [0.3, 0.4) is 0 Å². The number of carbonyl (C=O) groups is 1. The van der Waals surface area contributed by atoms with Gasteiger partial charge < -0.3 is 4.90 Å². The average molecular weight is 268 g/mol. The van der Waals surface area contributed by atoms with Crippen molar-refractivity contribution in [2.75, 3.05) is 18.5 Å². The van der Waals surface area contributed by atoms with E-state index in [-0.39, 0.29) is 18.1 Å². The molecule has 3 nitrogen and oxygen atoms in total. The first-order valence-corrected chi connectivity index (χ1v) is 6.10. The summed E-state index contributed by atoms with van der Waals surface area (Å²) >= 11 is 0. The summed E-state index contributed by atoms with van der Waals surface area (Å²) in [4.78, 5) is 13.8. The highest BCUT2D eigenvalue weighted by atomic mass is 19.1. The lowest BCUT2D eigenvalue weighted by atomic mass is 10.1. The van der Waals surface area contributed by atoms with Crippen molar-refractivity contribution in [3.05, 3.63) is 65.5 Å². The van der Waals surface area contributed by atoms with E-state index >= 15 is 0 Å². The van der Waals surface area contributed by atoms with Gasteiger partial charge in [-0.05, 0) is 48.5 Å². The third-order valence-corrected chi connectivity index (χ3v) is 2.98. The third-order valence-electron chi connectivity index (χ3n) is 2.98. The Labute approximate surface area is 116 Å². The number of Topliss-reactive ketones (excluding diaryl/α,β-unsaturated/α-hetero) is 1. The highest BCUT2D eigenvalue weighted by Crippen LogP contribution is 2.14. The summed E-state index contributed by atoms with van der Waals surface area (Å²) < 4.78 is 12.8. The van der Waals surface area contributed by atoms with Crippen LogP contribution in [0.25, 0.3) is 0 Å². The quantitative estimate of drug-likeness (QED) is 0.801. The highest BCUT2D eigenvalue weighted by molar-refractivity contribution is 5.99. The van der Waals surface area contributed by atoms with Crippen LogP contribution in [0.5, 0.6) is 0 Å². The summed E-state index contributed by atoms with van der Waals surface area (Å²) in [5, 5.41) is 8.74. The molecule has 2 rings (SSSR count). The summed E-state index contributed by atoms with van der Waals surface area (Å²) in [7, 11) is 1.79. The smallest absolute Gasteiger partial charge is 0.182 e. The van der Waals surface area contributed by atoms with Crippen LogP contribution in [0.4, 0.5) is 10.1 Å². The van der Waals surface area contributed by atoms with Crippen LogP contribution in [0.15, 0.2) is 48.5 Å². The molecule has 0 aliphatic carbocycles. The van der Waals surface area contributed by atoms with E-state index < -0.39 is 0 Å². The topological polar surface area (TPSA) is 44.1 Å². The number of hydrogen-bond donors (Lipinski definition) is 0. The second-order valence-electron chi connectivity index (χ2n) is 4.44. The molecule has 0 amide bonds. The summed E-state index contributed by atoms with van der Waals surface area (Å²) in [5.41, 5.74) is 1.90. The number of rotatable bonds is 4. The van der Waals surface area contributed by atoms with Gasteiger partial charge in [0.05, 0.1) is 18.2 Å². The molecule has 0 fully saturated rings. The normalized spacial score (nSPS) is 9.85. The molecule has 0 bridgehead atoms. The number of halogens is 1. The van der Waals surface area contributed by atoms with Crippen molar-refractivity contribution in [3.63, 3.8) is 0 Å². The van der Waals surface area contributed by atoms with Crippen molar-refractivity contribution in [3.8, 4) is 6.07 Å². The zero-order valence-electron chi connectivity index (χ0n) is 11.0. The summed E-state index contributed by atoms with van der Waals surface area (Å²) in [6, 6.07) is 14.5. The molecule has 0 spiro atoms. The molecule has 2 aromatic rings. The van der Waals surface area contributed by atoms with Crippen LogP contribution in [-0.2, 0) is 0 Å². The average Bonchev–Trinajstić information content (AvgIpc) is 2.48. The standard InChI is InChI=1S/C16H13FN2O/c1-19(15-8-2-12(10-18)3-9-15)11-16(20)13-4-6-14(17)7-5-13/h2-9H,11H2,1H3. The van der Waals surface area contributed by atoms with Gasteiger partial charge in [-0.15, -0.1) is 0 Å². The number of carbonyl (C=O) groups excluding carboxylic acids is 1. The molecule has 100 valence electrons. The van der Waals surface area contributed by atoms with Gasteiger partial charge in [0.15, 0.2) is 5.78 Å². The van der Waals surface area contributed by atoms with E-state index in [0.29, 0.717) is 11.1 Å². The van der Waals surface area contributed by atoms with Gasteiger partial charge in [-0.1, -0.05) is 0 Å². The fourth-order valence-electron chi connectivity index (χ4n) is 1.82. The molecule has 0 heterocycles. The Balaban J connectivity index is 2.06. The van der Waals surface area contributed by atoms with Gasteiger partial charge in [-0.3, -0.25) is 4.79 Å². The summed E-state index contributed by atoms with van der Waals surface area (Å²) in [5.74, 6) is -0.446. The van der Waals surface area contributed by atoms with Gasteiger partial charge in [0.1, 0.15) is 5.82 Å². The van der Waals surface area contributed by atoms with Crippen molar-refractivity contribution in [2.24, 2.45) is 0 Å². The van der Waals surface area contributed by atoms with E-state index in [4.69, 9.17) is 5.26 Å². The predicted octanol–water partition coefficient (Wildman–Crippen LogP) is 3.02. The lowest BCUT2D eigenvalue weighted by Gasteiger charge is -2.18. The number of anilines is 1. The molecule has 0 aliphatic rings. The number of ketones is 1. The predicted molar refractivity (Wildman–Crippen MR) is 75.2 cm³/mol. The van der Waals surface area contributed by atoms with E-state index in [0.717, 1.165) is 5.69 Å². The Bertz CT molecular complexity index is 642. The minimum Gasteiger partial charge on any atom is -0.367 e. The van der Waals surface area contributed by atoms with E-state index in [1.54, 1.807) is 36.2 Å². The fraction of sp³-hybridized carbons (Fsp3) is 0.125. The first-order valence-electron chi connectivity index (χ1n) is 6.10. The van der Waals surface area contributed by atoms with Gasteiger partial charge in [0.2, 0.25) is 0 Å². The first-order chi connectivity index (χ1) is 9.60. The fourth-order valence-corrected chi connectivity index (χ4v) is 1.82. The number of likely N-dealkylation sites (N-methyl/N-ethyl adjacent to an activating group) is 1. The van der Waals surface area contributed by atoms with Gasteiger partial charge in [-0.25, -0.2) is 4.39 Å². The zero-order chi connectivity index (χ0) is 14.5. The Hall–Kier alpha value is -2.67. The largest absolute Gasteiger partial charge is 0.367 e. The van der Waals surface area contributed by atoms with Crippen molar-refractivity contribution >= 4 is 11.5 Å². The third kappa shape index (κ3) is 3.21. The Morgan fingerprint density at radius 3 is 2.30 bits per heavy atom. The van der Waals surface area contributed by atoms with Crippen molar-refractivity contribution in [1.29, 1.82) is 5.26 Å². The molecule has 0 aromatic heterocycles. The Kier molecular flexibility index (Phi) is 4.11. The van der Waals surface area contributed by atoms with E-state index in [1.807, 2.05) is 6.07 Å². The highest BCUT2D eigenvalue weighted by Gasteiger charge is 2.10. The van der Waals surface area contributed by atoms with Gasteiger partial charge in [0.25, 0.3) is 0 Å². The maximum absolute atomic E-state index is 12.8. The lowest BCUT2D eigenvalue weighted by molar-refractivity contribution is 0.100. The molecule has 0 N–H and O–H groups in total. The summed E-state index contributed by atoms with van der Waals surface area (Å²) in [6.45, 7) is 0.192. The van der Waals surface area contributed by atoms with E-state index in [1.165, 1.54) is 24.3 Å². The maximum atomic E-state index is 12.8. The maximum Gasteiger partial charge on any atom is 0.182 e. The number of benzene rings is 2. The van der Waals surface area contributed by atoms with Crippen LogP contribution >= 0.6 is 0 Å². The number of hydrogen-bond acceptors (Lipinski definition) is 3. The monoisotopic (exact) mass is 268 g/mol. The van der Waals surface area contributed by atoms with Gasteiger partial charge in [0, 0.05) is 18.3 Å². The van der Waals surface area contributed by atoms with Crippen LogP contribution in [0.2, 0.25) is 0 Å². The second kappa shape index (κ2) is 5.98. The van der Waals surface area contributed by atoms with Crippen molar-refractivity contribution in [2.45, 2.75) is 0 Å². The van der Waals surface area contributed by atoms with Crippen molar-refractivity contribution < 1.29 is 9.18 Å². The van der Waals surface area contributed by atoms with Crippen LogP contribution < -0.4 is 4.90 Å². The second-order valence-corrected chi connectivity index (χ2v) is 4.44. The minimum absolute atomic E-state index is 0.0862. The van der Waals surface area contributed by atoms with E-state index in [9.17, 15) is 9.18 Å². The molecule has 0 saturated heterocycles. The molecule has 4 heteroatoms. The molecule has 0 radical (unpaired) electrons. The Morgan fingerprint density at radius 2 is 1.75 bits per heavy atom. The molecule has 0 unspecified atom stereocenters. The van der Waals surface area contributed by atoms with Gasteiger partial charge in [-0.2, -0.15) is 5.26 Å². The van der Waals surface area contributed by atoms with Gasteiger partial charge >= 0.3 is 0 Å². The number of nitriles is 1. The van der Waals surface area contributed by atoms with Crippen LogP contribution in [-0.4, -0.2) is 19.4 Å². The Morgan fingerprint density at radius 1 is 1.15 bits per heavy atom. The molecule has 0 atom stereocenters. The SMILES string of the molecule is CN(CC(=O)c1ccc(F)cc1)c1ccc(C#N)cc1. The number of nitrogens with zero attached hydrogens (tertiary/aromatic N) is 2. The minimum atomic E-state index is -0.359. The van der Waals surface area contributed by atoms with Crippen LogP contribution in [0, 0.1) is 17.1 Å². The van der Waals surface area contributed by atoms with Crippen LogP contribution in [0.1, 0.15) is 15.9 Å². The molecule has 0 aliphatic heterocycles. The first kappa shape index (κ1) is 13.8. The molecular weight excluding hydrogens is 255 g/mol. The van der Waals surface area contributed by atoms with Crippen molar-refractivity contribution in [1.82, 2.24) is 0 Å². The zero-order valence-corrected chi connectivity index (χ0v) is 11.0. The molecule has 0 saturated carbocycles. The summed E-state index contributed by atoms with van der Waals surface area (Å²) in [6.07, 6.45) is 0. The molecule has 2 aromatic carbocycles. The van der Waals surface area contributed by atoms with E-state index in [2.05, 4.69) is 0 Å².